The van der Waals surface area contributed by atoms with Crippen molar-refractivity contribution in [3.05, 3.63) is 18.2 Å². The van der Waals surface area contributed by atoms with Crippen molar-refractivity contribution in [1.29, 1.82) is 0 Å². The van der Waals surface area contributed by atoms with Crippen molar-refractivity contribution in [3.8, 4) is 11.5 Å². The average Bonchev–Trinajstić information content (AvgIpc) is 2.23. The molecule has 2 nitrogen and oxygen atoms in total. The first-order valence-electron chi connectivity index (χ1n) is 5.34. The van der Waals surface area contributed by atoms with Crippen LogP contribution < -0.4 is 9.47 Å². The van der Waals surface area contributed by atoms with Gasteiger partial charge in [-0.25, -0.2) is 0 Å². The molecule has 0 fully saturated rings. The van der Waals surface area contributed by atoms with E-state index in [-0.39, 0.29) is 0 Å². The Morgan fingerprint density at radius 3 is 2.40 bits per heavy atom. The quantitative estimate of drug-likeness (QED) is 0.691. The maximum absolute atomic E-state index is 5.55. The van der Waals surface area contributed by atoms with Crippen molar-refractivity contribution in [1.82, 2.24) is 0 Å². The largest absolute Gasteiger partial charge is 0.494 e. The van der Waals surface area contributed by atoms with Gasteiger partial charge in [0.1, 0.15) is 11.5 Å². The van der Waals surface area contributed by atoms with E-state index >= 15 is 0 Å². The zero-order valence-corrected chi connectivity index (χ0v) is 10.4. The minimum Gasteiger partial charge on any atom is -0.494 e. The number of hydrogen-bond acceptors (Lipinski definition) is 3. The van der Waals surface area contributed by atoms with Gasteiger partial charge in [0.15, 0.2) is 0 Å². The van der Waals surface area contributed by atoms with E-state index < -0.39 is 0 Å². The maximum atomic E-state index is 5.55. The Hall–Kier alpha value is -0.830. The molecule has 0 atom stereocenters. The highest BCUT2D eigenvalue weighted by Crippen LogP contribution is 2.32. The molecular formula is C12H18O2S. The van der Waals surface area contributed by atoms with Crippen LogP contribution in [0.2, 0.25) is 0 Å². The smallest absolute Gasteiger partial charge is 0.133 e. The molecule has 1 rings (SSSR count). The number of ether oxygens (including phenoxy) is 2. The van der Waals surface area contributed by atoms with Gasteiger partial charge in [-0.1, -0.05) is 6.92 Å². The Kier molecular flexibility index (Phi) is 5.40. The second-order valence-corrected chi connectivity index (χ2v) is 4.21. The molecule has 0 heterocycles. The van der Waals surface area contributed by atoms with Crippen LogP contribution in [0.3, 0.4) is 0 Å². The average molecular weight is 226 g/mol. The standard InChI is InChI=1S/C12H18O2S/c1-4-13-10-7-8-11(14-5-2)12(9-10)15-6-3/h7-9H,4-6H2,1-3H3. The van der Waals surface area contributed by atoms with Gasteiger partial charge in [-0.2, -0.15) is 0 Å². The Balaban J connectivity index is 2.87. The Labute approximate surface area is 96.0 Å². The molecule has 0 spiro atoms. The van der Waals surface area contributed by atoms with Crippen LogP contribution in [0.25, 0.3) is 0 Å². The molecule has 3 heteroatoms. The van der Waals surface area contributed by atoms with E-state index in [9.17, 15) is 0 Å². The monoisotopic (exact) mass is 226 g/mol. The van der Waals surface area contributed by atoms with Gasteiger partial charge in [0.05, 0.1) is 18.1 Å². The molecular weight excluding hydrogens is 208 g/mol. The molecule has 0 aromatic heterocycles. The van der Waals surface area contributed by atoms with Gasteiger partial charge in [-0.05, 0) is 37.8 Å². The van der Waals surface area contributed by atoms with Crippen LogP contribution in [-0.4, -0.2) is 19.0 Å². The van der Waals surface area contributed by atoms with Gasteiger partial charge in [0, 0.05) is 0 Å². The molecule has 0 radical (unpaired) electrons. The van der Waals surface area contributed by atoms with Crippen molar-refractivity contribution in [2.45, 2.75) is 25.7 Å². The molecule has 0 aliphatic rings. The summed E-state index contributed by atoms with van der Waals surface area (Å²) in [4.78, 5) is 1.16. The highest BCUT2D eigenvalue weighted by atomic mass is 32.2. The summed E-state index contributed by atoms with van der Waals surface area (Å²) >= 11 is 1.78. The third kappa shape index (κ3) is 3.67. The molecule has 0 aliphatic heterocycles. The van der Waals surface area contributed by atoms with Gasteiger partial charge in [0.2, 0.25) is 0 Å². The SMILES string of the molecule is CCOc1ccc(OCC)c(SCC)c1. The fourth-order valence-corrected chi connectivity index (χ4v) is 2.07. The molecule has 1 aromatic carbocycles. The molecule has 0 amide bonds. The highest BCUT2D eigenvalue weighted by molar-refractivity contribution is 7.99. The van der Waals surface area contributed by atoms with Crippen molar-refractivity contribution in [2.75, 3.05) is 19.0 Å². The summed E-state index contributed by atoms with van der Waals surface area (Å²) in [5, 5.41) is 0. The predicted octanol–water partition coefficient (Wildman–Crippen LogP) is 3.60. The minimum absolute atomic E-state index is 0.699. The highest BCUT2D eigenvalue weighted by Gasteiger charge is 2.05. The topological polar surface area (TPSA) is 18.5 Å². The van der Waals surface area contributed by atoms with E-state index in [0.29, 0.717) is 13.2 Å². The molecule has 1 aromatic rings. The van der Waals surface area contributed by atoms with Crippen LogP contribution in [0.1, 0.15) is 20.8 Å². The Morgan fingerprint density at radius 1 is 1.07 bits per heavy atom. The molecule has 84 valence electrons. The molecule has 0 N–H and O–H groups in total. The third-order valence-corrected chi connectivity index (χ3v) is 2.74. The molecule has 0 saturated carbocycles. The fraction of sp³-hybridized carbons (Fsp3) is 0.500. The molecule has 0 saturated heterocycles. The summed E-state index contributed by atoms with van der Waals surface area (Å²) in [5.41, 5.74) is 0. The van der Waals surface area contributed by atoms with Crippen LogP contribution in [0.4, 0.5) is 0 Å². The third-order valence-electron chi connectivity index (χ3n) is 1.83. The summed E-state index contributed by atoms with van der Waals surface area (Å²) in [6.07, 6.45) is 0. The van der Waals surface area contributed by atoms with E-state index in [1.54, 1.807) is 11.8 Å². The lowest BCUT2D eigenvalue weighted by Gasteiger charge is -2.11. The molecule has 0 unspecified atom stereocenters. The van der Waals surface area contributed by atoms with Crippen molar-refractivity contribution in [3.63, 3.8) is 0 Å². The zero-order chi connectivity index (χ0) is 11.1. The Morgan fingerprint density at radius 2 is 1.80 bits per heavy atom. The first-order chi connectivity index (χ1) is 7.31. The second-order valence-electron chi connectivity index (χ2n) is 2.91. The van der Waals surface area contributed by atoms with Crippen LogP contribution in [0, 0.1) is 0 Å². The summed E-state index contributed by atoms with van der Waals surface area (Å²) < 4.78 is 11.0. The molecule has 0 bridgehead atoms. The van der Waals surface area contributed by atoms with Crippen LogP contribution in [-0.2, 0) is 0 Å². The summed E-state index contributed by atoms with van der Waals surface area (Å²) in [7, 11) is 0. The maximum Gasteiger partial charge on any atom is 0.133 e. The van der Waals surface area contributed by atoms with E-state index in [4.69, 9.17) is 9.47 Å². The van der Waals surface area contributed by atoms with E-state index in [1.165, 1.54) is 0 Å². The number of benzene rings is 1. The van der Waals surface area contributed by atoms with E-state index in [0.717, 1.165) is 22.1 Å². The van der Waals surface area contributed by atoms with E-state index in [2.05, 4.69) is 6.92 Å². The van der Waals surface area contributed by atoms with Crippen LogP contribution >= 0.6 is 11.8 Å². The molecule has 0 aliphatic carbocycles. The van der Waals surface area contributed by atoms with Crippen LogP contribution in [0.5, 0.6) is 11.5 Å². The van der Waals surface area contributed by atoms with Gasteiger partial charge >= 0.3 is 0 Å². The minimum atomic E-state index is 0.699. The summed E-state index contributed by atoms with van der Waals surface area (Å²) in [6, 6.07) is 5.98. The van der Waals surface area contributed by atoms with Gasteiger partial charge in [-0.3, -0.25) is 0 Å². The normalized spacial score (nSPS) is 10.1. The van der Waals surface area contributed by atoms with Gasteiger partial charge < -0.3 is 9.47 Å². The van der Waals surface area contributed by atoms with E-state index in [1.807, 2.05) is 32.0 Å². The number of rotatable bonds is 6. The number of hydrogen-bond donors (Lipinski definition) is 0. The first kappa shape index (κ1) is 12.2. The lowest BCUT2D eigenvalue weighted by atomic mass is 10.3. The fourth-order valence-electron chi connectivity index (χ4n) is 1.29. The zero-order valence-electron chi connectivity index (χ0n) is 9.58. The van der Waals surface area contributed by atoms with Gasteiger partial charge in [0.25, 0.3) is 0 Å². The molecule has 15 heavy (non-hydrogen) atoms. The van der Waals surface area contributed by atoms with Gasteiger partial charge in [-0.15, -0.1) is 11.8 Å². The summed E-state index contributed by atoms with van der Waals surface area (Å²) in [5.74, 6) is 2.90. The van der Waals surface area contributed by atoms with Crippen molar-refractivity contribution >= 4 is 11.8 Å². The first-order valence-corrected chi connectivity index (χ1v) is 6.32. The number of thioether (sulfide) groups is 1. The summed E-state index contributed by atoms with van der Waals surface area (Å²) in [6.45, 7) is 7.52. The lowest BCUT2D eigenvalue weighted by Crippen LogP contribution is -1.96. The Bertz CT molecular complexity index is 300. The predicted molar refractivity (Wildman–Crippen MR) is 65.2 cm³/mol. The second kappa shape index (κ2) is 6.62. The van der Waals surface area contributed by atoms with Crippen LogP contribution in [0.15, 0.2) is 23.1 Å². The van der Waals surface area contributed by atoms with Crippen molar-refractivity contribution < 1.29 is 9.47 Å². The van der Waals surface area contributed by atoms with Crippen molar-refractivity contribution in [2.24, 2.45) is 0 Å². The lowest BCUT2D eigenvalue weighted by molar-refractivity contribution is 0.323.